The van der Waals surface area contributed by atoms with E-state index in [9.17, 15) is 0 Å². The normalized spacial score (nSPS) is 12.6. The average Bonchev–Trinajstić information content (AvgIpc) is 2.76. The van der Waals surface area contributed by atoms with Gasteiger partial charge < -0.3 is 10.3 Å². The summed E-state index contributed by atoms with van der Waals surface area (Å²) >= 11 is 0. The first-order chi connectivity index (χ1) is 8.20. The Morgan fingerprint density at radius 1 is 1.41 bits per heavy atom. The molecule has 0 saturated heterocycles. The van der Waals surface area contributed by atoms with Crippen LogP contribution in [0.5, 0.6) is 0 Å². The molecule has 2 aromatic rings. The van der Waals surface area contributed by atoms with Crippen molar-refractivity contribution in [3.63, 3.8) is 0 Å². The fourth-order valence-electron chi connectivity index (χ4n) is 2.04. The van der Waals surface area contributed by atoms with Gasteiger partial charge in [0.2, 0.25) is 0 Å². The molecule has 3 nitrogen and oxygen atoms in total. The van der Waals surface area contributed by atoms with Gasteiger partial charge >= 0.3 is 0 Å². The number of nitrogens with two attached hydrogens (primary N) is 1. The second-order valence-corrected chi connectivity index (χ2v) is 4.45. The van der Waals surface area contributed by atoms with Crippen LogP contribution in [0.2, 0.25) is 0 Å². The molecule has 1 unspecified atom stereocenters. The van der Waals surface area contributed by atoms with Gasteiger partial charge in [0, 0.05) is 18.2 Å². The summed E-state index contributed by atoms with van der Waals surface area (Å²) in [6, 6.07) is 8.72. The number of benzene rings is 1. The maximum absolute atomic E-state index is 5.83. The van der Waals surface area contributed by atoms with Gasteiger partial charge in [0.15, 0.2) is 0 Å². The topological polar surface area (TPSA) is 43.8 Å². The standard InChI is InChI=1S/C14H19N3/c1-3-17-10-16-9-14(17)13-6-4-5-12(8-13)7-11(2)15/h4-6,8-11H,3,7,15H2,1-2H3. The van der Waals surface area contributed by atoms with Gasteiger partial charge in [-0.1, -0.05) is 18.2 Å². The van der Waals surface area contributed by atoms with Gasteiger partial charge in [0.05, 0.1) is 18.2 Å². The van der Waals surface area contributed by atoms with Gasteiger partial charge in [-0.15, -0.1) is 0 Å². The summed E-state index contributed by atoms with van der Waals surface area (Å²) < 4.78 is 2.14. The second-order valence-electron chi connectivity index (χ2n) is 4.45. The van der Waals surface area contributed by atoms with Crippen molar-refractivity contribution in [3.05, 3.63) is 42.4 Å². The van der Waals surface area contributed by atoms with Crippen molar-refractivity contribution >= 4 is 0 Å². The van der Waals surface area contributed by atoms with Crippen LogP contribution in [0.25, 0.3) is 11.3 Å². The molecule has 0 aliphatic rings. The van der Waals surface area contributed by atoms with Crippen LogP contribution >= 0.6 is 0 Å². The van der Waals surface area contributed by atoms with E-state index < -0.39 is 0 Å². The molecule has 0 aliphatic heterocycles. The highest BCUT2D eigenvalue weighted by Gasteiger charge is 2.05. The Labute approximate surface area is 102 Å². The highest BCUT2D eigenvalue weighted by atomic mass is 15.0. The summed E-state index contributed by atoms with van der Waals surface area (Å²) in [5.41, 5.74) is 9.49. The van der Waals surface area contributed by atoms with Crippen molar-refractivity contribution in [1.82, 2.24) is 9.55 Å². The van der Waals surface area contributed by atoms with Crippen molar-refractivity contribution in [2.24, 2.45) is 5.73 Å². The fraction of sp³-hybridized carbons (Fsp3) is 0.357. The Hall–Kier alpha value is -1.61. The zero-order valence-corrected chi connectivity index (χ0v) is 10.4. The number of hydrogen-bond donors (Lipinski definition) is 1. The highest BCUT2D eigenvalue weighted by molar-refractivity contribution is 5.59. The third-order valence-corrected chi connectivity index (χ3v) is 2.83. The second kappa shape index (κ2) is 5.15. The van der Waals surface area contributed by atoms with Crippen LogP contribution in [-0.2, 0) is 13.0 Å². The van der Waals surface area contributed by atoms with Crippen LogP contribution in [0.15, 0.2) is 36.8 Å². The fourth-order valence-corrected chi connectivity index (χ4v) is 2.04. The molecule has 0 amide bonds. The molecule has 0 aliphatic carbocycles. The summed E-state index contributed by atoms with van der Waals surface area (Å²) in [5, 5.41) is 0. The Morgan fingerprint density at radius 2 is 2.24 bits per heavy atom. The first-order valence-corrected chi connectivity index (χ1v) is 6.05. The van der Waals surface area contributed by atoms with Crippen molar-refractivity contribution in [3.8, 4) is 11.3 Å². The largest absolute Gasteiger partial charge is 0.331 e. The summed E-state index contributed by atoms with van der Waals surface area (Å²) in [6.45, 7) is 5.09. The monoisotopic (exact) mass is 229 g/mol. The number of nitrogens with zero attached hydrogens (tertiary/aromatic N) is 2. The predicted octanol–water partition coefficient (Wildman–Crippen LogP) is 2.46. The minimum absolute atomic E-state index is 0.196. The van der Waals surface area contributed by atoms with Crippen LogP contribution in [0.3, 0.4) is 0 Å². The molecule has 0 bridgehead atoms. The smallest absolute Gasteiger partial charge is 0.0950 e. The lowest BCUT2D eigenvalue weighted by Gasteiger charge is -2.09. The lowest BCUT2D eigenvalue weighted by atomic mass is 10.0. The Kier molecular flexibility index (Phi) is 3.59. The summed E-state index contributed by atoms with van der Waals surface area (Å²) in [4.78, 5) is 4.20. The Balaban J connectivity index is 2.33. The van der Waals surface area contributed by atoms with Crippen LogP contribution in [0, 0.1) is 0 Å². The third-order valence-electron chi connectivity index (χ3n) is 2.83. The molecule has 1 aromatic carbocycles. The lowest BCUT2D eigenvalue weighted by molar-refractivity contribution is 0.737. The highest BCUT2D eigenvalue weighted by Crippen LogP contribution is 2.20. The molecule has 90 valence electrons. The molecule has 17 heavy (non-hydrogen) atoms. The third kappa shape index (κ3) is 2.74. The minimum Gasteiger partial charge on any atom is -0.331 e. The van der Waals surface area contributed by atoms with E-state index in [4.69, 9.17) is 5.73 Å². The van der Waals surface area contributed by atoms with E-state index >= 15 is 0 Å². The van der Waals surface area contributed by atoms with Crippen molar-refractivity contribution in [1.29, 1.82) is 0 Å². The van der Waals surface area contributed by atoms with Crippen LogP contribution in [-0.4, -0.2) is 15.6 Å². The first kappa shape index (κ1) is 11.9. The van der Waals surface area contributed by atoms with E-state index in [1.54, 1.807) is 0 Å². The number of aryl methyl sites for hydroxylation is 1. The number of aromatic nitrogens is 2. The molecule has 2 N–H and O–H groups in total. The molecule has 0 spiro atoms. The van der Waals surface area contributed by atoms with Crippen LogP contribution in [0.4, 0.5) is 0 Å². The molecule has 1 heterocycles. The van der Waals surface area contributed by atoms with E-state index in [0.717, 1.165) is 13.0 Å². The van der Waals surface area contributed by atoms with E-state index in [-0.39, 0.29) is 6.04 Å². The molecule has 0 saturated carbocycles. The van der Waals surface area contributed by atoms with E-state index in [2.05, 4.69) is 40.7 Å². The van der Waals surface area contributed by atoms with Crippen molar-refractivity contribution in [2.75, 3.05) is 0 Å². The van der Waals surface area contributed by atoms with Gasteiger partial charge in [0.25, 0.3) is 0 Å². The zero-order valence-electron chi connectivity index (χ0n) is 10.4. The van der Waals surface area contributed by atoms with Gasteiger partial charge in [-0.25, -0.2) is 4.98 Å². The summed E-state index contributed by atoms with van der Waals surface area (Å²) in [6.07, 6.45) is 4.69. The Morgan fingerprint density at radius 3 is 2.94 bits per heavy atom. The molecule has 0 radical (unpaired) electrons. The van der Waals surface area contributed by atoms with Gasteiger partial charge in [-0.05, 0) is 31.9 Å². The van der Waals surface area contributed by atoms with E-state index in [1.165, 1.54) is 16.8 Å². The zero-order chi connectivity index (χ0) is 12.3. The number of hydrogen-bond acceptors (Lipinski definition) is 2. The molecule has 2 rings (SSSR count). The number of imidazole rings is 1. The molecular formula is C14H19N3. The maximum atomic E-state index is 5.83. The van der Waals surface area contributed by atoms with Crippen LogP contribution < -0.4 is 5.73 Å². The lowest BCUT2D eigenvalue weighted by Crippen LogP contribution is -2.17. The van der Waals surface area contributed by atoms with E-state index in [0.29, 0.717) is 0 Å². The summed E-state index contributed by atoms with van der Waals surface area (Å²) in [7, 11) is 0. The molecule has 1 aromatic heterocycles. The van der Waals surface area contributed by atoms with Crippen molar-refractivity contribution in [2.45, 2.75) is 32.9 Å². The maximum Gasteiger partial charge on any atom is 0.0950 e. The summed E-state index contributed by atoms with van der Waals surface area (Å²) in [5.74, 6) is 0. The predicted molar refractivity (Wildman–Crippen MR) is 70.7 cm³/mol. The number of rotatable bonds is 4. The molecule has 3 heteroatoms. The first-order valence-electron chi connectivity index (χ1n) is 6.05. The van der Waals surface area contributed by atoms with Gasteiger partial charge in [-0.3, -0.25) is 0 Å². The molecular weight excluding hydrogens is 210 g/mol. The SMILES string of the molecule is CCn1cncc1-c1cccc(CC(C)N)c1. The molecule has 1 atom stereocenters. The van der Waals surface area contributed by atoms with E-state index in [1.807, 2.05) is 19.4 Å². The van der Waals surface area contributed by atoms with Crippen LogP contribution in [0.1, 0.15) is 19.4 Å². The quantitative estimate of drug-likeness (QED) is 0.875. The van der Waals surface area contributed by atoms with Gasteiger partial charge in [-0.2, -0.15) is 0 Å². The van der Waals surface area contributed by atoms with Crippen molar-refractivity contribution < 1.29 is 0 Å². The van der Waals surface area contributed by atoms with Gasteiger partial charge in [0.1, 0.15) is 0 Å². The Bertz CT molecular complexity index is 486. The molecule has 0 fully saturated rings. The average molecular weight is 229 g/mol. The minimum atomic E-state index is 0.196.